The number of aliphatic hydroxyl groups is 1. The Bertz CT molecular complexity index is 1450. The molecule has 3 aliphatic rings. The van der Waals surface area contributed by atoms with E-state index in [1.54, 1.807) is 23.1 Å². The average molecular weight is 557 g/mol. The minimum absolute atomic E-state index is 0.0370. The molecule has 3 heterocycles. The van der Waals surface area contributed by atoms with Crippen molar-refractivity contribution in [3.05, 3.63) is 89.5 Å². The number of amides is 1. The Balaban J connectivity index is 1.35. The number of nitrogens with zero attached hydrogens (tertiary/aromatic N) is 2. The zero-order valence-electron chi connectivity index (χ0n) is 22.7. The standard InChI is InChI=1S/C32H32N2O7/c35-30(23-10-11-26-27(21-23)40-19-18-39-26)28-29(22-6-4-9-25(20-22)41-24-7-2-1-3-8-24)34(32(37)31(28)36)13-5-12-33-14-16-38-17-15-33/h1-4,6-11,20-21,29,35H,5,12-19H2/b30-28+. The summed E-state index contributed by atoms with van der Waals surface area (Å²) in [4.78, 5) is 30.8. The molecule has 1 N–H and O–H groups in total. The molecule has 2 fully saturated rings. The van der Waals surface area contributed by atoms with Crippen LogP contribution in [0.3, 0.4) is 0 Å². The third-order valence-corrected chi connectivity index (χ3v) is 7.49. The van der Waals surface area contributed by atoms with Crippen molar-refractivity contribution in [1.82, 2.24) is 9.80 Å². The number of carbonyl (C=O) groups is 2. The number of Topliss-reactive ketones (excluding diaryl/α,β-unsaturated/α-hetero) is 1. The van der Waals surface area contributed by atoms with Crippen molar-refractivity contribution >= 4 is 17.4 Å². The molecule has 0 aromatic heterocycles. The number of para-hydroxylation sites is 1. The van der Waals surface area contributed by atoms with Crippen LogP contribution < -0.4 is 14.2 Å². The molecule has 2 saturated heterocycles. The van der Waals surface area contributed by atoms with Crippen molar-refractivity contribution in [2.45, 2.75) is 12.5 Å². The van der Waals surface area contributed by atoms with E-state index in [-0.39, 0.29) is 11.3 Å². The molecule has 3 aliphatic heterocycles. The Morgan fingerprint density at radius 2 is 1.59 bits per heavy atom. The first-order chi connectivity index (χ1) is 20.1. The molecular formula is C32H32N2O7. The summed E-state index contributed by atoms with van der Waals surface area (Å²) in [6.45, 7) is 5.01. The molecule has 3 aromatic rings. The van der Waals surface area contributed by atoms with Crippen LogP contribution in [0.1, 0.15) is 23.6 Å². The Morgan fingerprint density at radius 1 is 0.829 bits per heavy atom. The fourth-order valence-electron chi connectivity index (χ4n) is 5.47. The summed E-state index contributed by atoms with van der Waals surface area (Å²) >= 11 is 0. The summed E-state index contributed by atoms with van der Waals surface area (Å²) < 4.78 is 22.8. The fraction of sp³-hybridized carbons (Fsp3) is 0.312. The molecule has 9 nitrogen and oxygen atoms in total. The molecule has 0 radical (unpaired) electrons. The first-order valence-corrected chi connectivity index (χ1v) is 13.9. The molecule has 0 saturated carbocycles. The molecule has 1 atom stereocenters. The molecule has 0 bridgehead atoms. The normalized spacial score (nSPS) is 20.3. The monoisotopic (exact) mass is 556 g/mol. The van der Waals surface area contributed by atoms with Gasteiger partial charge in [-0.2, -0.15) is 0 Å². The number of ether oxygens (including phenoxy) is 4. The van der Waals surface area contributed by atoms with Crippen LogP contribution in [0.4, 0.5) is 0 Å². The van der Waals surface area contributed by atoms with Gasteiger partial charge in [0.1, 0.15) is 30.5 Å². The smallest absolute Gasteiger partial charge is 0.295 e. The van der Waals surface area contributed by atoms with Gasteiger partial charge in [-0.3, -0.25) is 14.5 Å². The van der Waals surface area contributed by atoms with Crippen LogP contribution in [0.5, 0.6) is 23.0 Å². The lowest BCUT2D eigenvalue weighted by Gasteiger charge is -2.29. The topological polar surface area (TPSA) is 97.8 Å². The first-order valence-electron chi connectivity index (χ1n) is 13.9. The summed E-state index contributed by atoms with van der Waals surface area (Å²) in [5, 5.41) is 11.5. The van der Waals surface area contributed by atoms with Crippen molar-refractivity contribution in [2.24, 2.45) is 0 Å². The van der Waals surface area contributed by atoms with Crippen molar-refractivity contribution in [1.29, 1.82) is 0 Å². The van der Waals surface area contributed by atoms with Crippen LogP contribution in [0.25, 0.3) is 5.76 Å². The van der Waals surface area contributed by atoms with Gasteiger partial charge in [0.25, 0.3) is 11.7 Å². The molecule has 1 unspecified atom stereocenters. The average Bonchev–Trinajstić information content (AvgIpc) is 3.27. The van der Waals surface area contributed by atoms with Gasteiger partial charge in [0.2, 0.25) is 0 Å². The maximum atomic E-state index is 13.5. The fourth-order valence-corrected chi connectivity index (χ4v) is 5.47. The van der Waals surface area contributed by atoms with Gasteiger partial charge < -0.3 is 29.0 Å². The van der Waals surface area contributed by atoms with Crippen molar-refractivity contribution in [3.63, 3.8) is 0 Å². The maximum absolute atomic E-state index is 13.5. The second-order valence-corrected chi connectivity index (χ2v) is 10.1. The summed E-state index contributed by atoms with van der Waals surface area (Å²) in [6.07, 6.45) is 0.674. The minimum Gasteiger partial charge on any atom is -0.507 e. The largest absolute Gasteiger partial charge is 0.507 e. The molecule has 1 amide bonds. The van der Waals surface area contributed by atoms with Gasteiger partial charge in [-0.15, -0.1) is 0 Å². The highest BCUT2D eigenvalue weighted by molar-refractivity contribution is 6.46. The number of benzene rings is 3. The van der Waals surface area contributed by atoms with E-state index in [1.807, 2.05) is 54.6 Å². The van der Waals surface area contributed by atoms with E-state index in [9.17, 15) is 14.7 Å². The number of fused-ring (bicyclic) bond motifs is 1. The minimum atomic E-state index is -0.785. The van der Waals surface area contributed by atoms with E-state index < -0.39 is 17.7 Å². The molecule has 0 spiro atoms. The SMILES string of the molecule is O=C1C(=O)N(CCCN2CCOCC2)C(c2cccc(Oc3ccccc3)c2)/C1=C(\O)c1ccc2c(c1)OCCO2. The van der Waals surface area contributed by atoms with Crippen LogP contribution in [-0.2, 0) is 14.3 Å². The molecule has 9 heteroatoms. The Labute approximate surface area is 238 Å². The van der Waals surface area contributed by atoms with E-state index in [2.05, 4.69) is 4.90 Å². The second kappa shape index (κ2) is 12.0. The highest BCUT2D eigenvalue weighted by Crippen LogP contribution is 2.42. The van der Waals surface area contributed by atoms with E-state index in [0.29, 0.717) is 73.5 Å². The van der Waals surface area contributed by atoms with Crippen molar-refractivity contribution < 1.29 is 33.6 Å². The quantitative estimate of drug-likeness (QED) is 0.248. The Hall–Kier alpha value is -4.34. The third kappa shape index (κ3) is 5.77. The number of aliphatic hydroxyl groups excluding tert-OH is 1. The van der Waals surface area contributed by atoms with Gasteiger partial charge in [-0.1, -0.05) is 30.3 Å². The van der Waals surface area contributed by atoms with Gasteiger partial charge in [0.05, 0.1) is 24.8 Å². The molecule has 6 rings (SSSR count). The zero-order valence-corrected chi connectivity index (χ0v) is 22.7. The lowest BCUT2D eigenvalue weighted by Crippen LogP contribution is -2.38. The highest BCUT2D eigenvalue weighted by atomic mass is 16.6. The molecule has 212 valence electrons. The van der Waals surface area contributed by atoms with E-state index >= 15 is 0 Å². The lowest BCUT2D eigenvalue weighted by atomic mass is 9.95. The predicted molar refractivity (Wildman–Crippen MR) is 151 cm³/mol. The summed E-state index contributed by atoms with van der Waals surface area (Å²) in [5.74, 6) is 0.671. The van der Waals surface area contributed by atoms with Gasteiger partial charge in [-0.25, -0.2) is 0 Å². The third-order valence-electron chi connectivity index (χ3n) is 7.49. The molecular weight excluding hydrogens is 524 g/mol. The first kappa shape index (κ1) is 26.9. The van der Waals surface area contributed by atoms with Crippen LogP contribution >= 0.6 is 0 Å². The Kier molecular flexibility index (Phi) is 7.89. The van der Waals surface area contributed by atoms with E-state index in [1.165, 1.54) is 0 Å². The van der Waals surface area contributed by atoms with Gasteiger partial charge >= 0.3 is 0 Å². The number of rotatable bonds is 8. The number of ketones is 1. The summed E-state index contributed by atoms with van der Waals surface area (Å²) in [5.41, 5.74) is 1.08. The van der Waals surface area contributed by atoms with Crippen molar-refractivity contribution in [2.75, 3.05) is 52.6 Å². The highest BCUT2D eigenvalue weighted by Gasteiger charge is 2.46. The van der Waals surface area contributed by atoms with Gasteiger partial charge in [0, 0.05) is 31.7 Å². The number of morpholine rings is 1. The Morgan fingerprint density at radius 3 is 2.39 bits per heavy atom. The number of hydrogen-bond donors (Lipinski definition) is 1. The van der Waals surface area contributed by atoms with Crippen molar-refractivity contribution in [3.8, 4) is 23.0 Å². The number of likely N-dealkylation sites (tertiary alicyclic amines) is 1. The van der Waals surface area contributed by atoms with E-state index in [4.69, 9.17) is 18.9 Å². The lowest BCUT2D eigenvalue weighted by molar-refractivity contribution is -0.140. The van der Waals surface area contributed by atoms with Crippen LogP contribution in [0.2, 0.25) is 0 Å². The summed E-state index contributed by atoms with van der Waals surface area (Å²) in [6, 6.07) is 20.9. The van der Waals surface area contributed by atoms with Gasteiger partial charge in [0.15, 0.2) is 11.5 Å². The second-order valence-electron chi connectivity index (χ2n) is 10.1. The summed E-state index contributed by atoms with van der Waals surface area (Å²) in [7, 11) is 0. The molecule has 0 aliphatic carbocycles. The molecule has 41 heavy (non-hydrogen) atoms. The number of hydrogen-bond acceptors (Lipinski definition) is 8. The molecule has 3 aromatic carbocycles. The van der Waals surface area contributed by atoms with Crippen LogP contribution in [0.15, 0.2) is 78.4 Å². The number of carbonyl (C=O) groups excluding carboxylic acids is 2. The predicted octanol–water partition coefficient (Wildman–Crippen LogP) is 4.39. The van der Waals surface area contributed by atoms with Crippen LogP contribution in [0, 0.1) is 0 Å². The van der Waals surface area contributed by atoms with Gasteiger partial charge in [-0.05, 0) is 54.4 Å². The van der Waals surface area contributed by atoms with Crippen LogP contribution in [-0.4, -0.2) is 79.2 Å². The van der Waals surface area contributed by atoms with E-state index in [0.717, 1.165) is 19.6 Å². The maximum Gasteiger partial charge on any atom is 0.295 e. The zero-order chi connectivity index (χ0) is 28.2.